The lowest BCUT2D eigenvalue weighted by Crippen LogP contribution is -2.05. The SMILES string of the molecule is COC(=O)c1cc(C(=O)O)cc(-c2nccs2)c1. The third-order valence-electron chi connectivity index (χ3n) is 2.28. The minimum absolute atomic E-state index is 0.0306. The van der Waals surface area contributed by atoms with Crippen molar-refractivity contribution in [2.75, 3.05) is 7.11 Å². The van der Waals surface area contributed by atoms with E-state index >= 15 is 0 Å². The Kier molecular flexibility index (Phi) is 3.38. The topological polar surface area (TPSA) is 76.5 Å². The van der Waals surface area contributed by atoms with E-state index in [0.717, 1.165) is 0 Å². The van der Waals surface area contributed by atoms with E-state index in [1.165, 1.54) is 30.6 Å². The fourth-order valence-corrected chi connectivity index (χ4v) is 2.10. The zero-order chi connectivity index (χ0) is 13.1. The zero-order valence-electron chi connectivity index (χ0n) is 9.41. The predicted octanol–water partition coefficient (Wildman–Crippen LogP) is 2.29. The number of carbonyl (C=O) groups excluding carboxylic acids is 1. The number of aromatic nitrogens is 1. The summed E-state index contributed by atoms with van der Waals surface area (Å²) in [5.41, 5.74) is 0.816. The number of methoxy groups -OCH3 is 1. The quantitative estimate of drug-likeness (QED) is 0.860. The molecular formula is C12H9NO4S. The van der Waals surface area contributed by atoms with Gasteiger partial charge in [0, 0.05) is 17.1 Å². The Morgan fingerprint density at radius 3 is 2.56 bits per heavy atom. The first kappa shape index (κ1) is 12.3. The highest BCUT2D eigenvalue weighted by Gasteiger charge is 2.14. The third kappa shape index (κ3) is 2.38. The van der Waals surface area contributed by atoms with Gasteiger partial charge in [0.2, 0.25) is 0 Å². The number of esters is 1. The van der Waals surface area contributed by atoms with E-state index in [4.69, 9.17) is 5.11 Å². The summed E-state index contributed by atoms with van der Waals surface area (Å²) in [5.74, 6) is -1.67. The van der Waals surface area contributed by atoms with Crippen LogP contribution < -0.4 is 0 Å². The van der Waals surface area contributed by atoms with Crippen molar-refractivity contribution >= 4 is 23.3 Å². The van der Waals surface area contributed by atoms with Crippen LogP contribution in [0.1, 0.15) is 20.7 Å². The van der Waals surface area contributed by atoms with E-state index in [1.54, 1.807) is 17.6 Å². The Hall–Kier alpha value is -2.21. The Morgan fingerprint density at radius 1 is 1.28 bits per heavy atom. The fraction of sp³-hybridized carbons (Fsp3) is 0.0833. The number of hydrogen-bond acceptors (Lipinski definition) is 5. The number of carbonyl (C=O) groups is 2. The largest absolute Gasteiger partial charge is 0.478 e. The van der Waals surface area contributed by atoms with Crippen LogP contribution in [0.25, 0.3) is 10.6 Å². The van der Waals surface area contributed by atoms with Crippen molar-refractivity contribution in [3.8, 4) is 10.6 Å². The molecule has 1 aromatic heterocycles. The van der Waals surface area contributed by atoms with Gasteiger partial charge in [-0.3, -0.25) is 0 Å². The maximum Gasteiger partial charge on any atom is 0.337 e. The van der Waals surface area contributed by atoms with Crippen molar-refractivity contribution in [3.05, 3.63) is 40.9 Å². The van der Waals surface area contributed by atoms with Gasteiger partial charge in [0.1, 0.15) is 5.01 Å². The molecule has 1 N–H and O–H groups in total. The lowest BCUT2D eigenvalue weighted by Gasteiger charge is -2.04. The molecule has 0 bridgehead atoms. The highest BCUT2D eigenvalue weighted by Crippen LogP contribution is 2.24. The molecule has 6 heteroatoms. The minimum atomic E-state index is -1.10. The molecule has 0 amide bonds. The molecule has 0 aliphatic rings. The Bertz CT molecular complexity index is 592. The van der Waals surface area contributed by atoms with Crippen LogP contribution in [0, 0.1) is 0 Å². The molecule has 0 atom stereocenters. The molecule has 0 fully saturated rings. The lowest BCUT2D eigenvalue weighted by molar-refractivity contribution is 0.0601. The van der Waals surface area contributed by atoms with Gasteiger partial charge in [-0.1, -0.05) is 0 Å². The van der Waals surface area contributed by atoms with Crippen LogP contribution in [0.5, 0.6) is 0 Å². The number of ether oxygens (including phenoxy) is 1. The van der Waals surface area contributed by atoms with Crippen molar-refractivity contribution in [2.45, 2.75) is 0 Å². The maximum atomic E-state index is 11.5. The Labute approximate surface area is 107 Å². The molecule has 0 aliphatic carbocycles. The first-order valence-corrected chi connectivity index (χ1v) is 5.86. The molecule has 0 saturated heterocycles. The number of carboxylic acid groups (broad SMARTS) is 1. The Balaban J connectivity index is 2.57. The summed E-state index contributed by atoms with van der Waals surface area (Å²) >= 11 is 1.37. The molecule has 0 aliphatic heterocycles. The van der Waals surface area contributed by atoms with Gasteiger partial charge in [0.15, 0.2) is 0 Å². The predicted molar refractivity (Wildman–Crippen MR) is 65.8 cm³/mol. The average Bonchev–Trinajstić information content (AvgIpc) is 2.91. The van der Waals surface area contributed by atoms with Crippen LogP contribution in [-0.2, 0) is 4.74 Å². The highest BCUT2D eigenvalue weighted by atomic mass is 32.1. The first-order valence-electron chi connectivity index (χ1n) is 4.98. The minimum Gasteiger partial charge on any atom is -0.478 e. The number of aromatic carboxylic acids is 1. The second kappa shape index (κ2) is 4.97. The average molecular weight is 263 g/mol. The van der Waals surface area contributed by atoms with Gasteiger partial charge in [-0.05, 0) is 18.2 Å². The van der Waals surface area contributed by atoms with Gasteiger partial charge < -0.3 is 9.84 Å². The molecule has 1 heterocycles. The maximum absolute atomic E-state index is 11.5. The summed E-state index contributed by atoms with van der Waals surface area (Å²) in [5, 5.41) is 11.5. The molecule has 2 aromatic rings. The number of rotatable bonds is 3. The molecule has 1 aromatic carbocycles. The molecular weight excluding hydrogens is 254 g/mol. The normalized spacial score (nSPS) is 10.1. The van der Waals surface area contributed by atoms with Gasteiger partial charge in [-0.2, -0.15) is 0 Å². The van der Waals surface area contributed by atoms with Gasteiger partial charge in [0.25, 0.3) is 0 Å². The van der Waals surface area contributed by atoms with Crippen molar-refractivity contribution < 1.29 is 19.4 Å². The van der Waals surface area contributed by atoms with E-state index in [9.17, 15) is 9.59 Å². The van der Waals surface area contributed by atoms with Gasteiger partial charge in [-0.25, -0.2) is 14.6 Å². The van der Waals surface area contributed by atoms with Crippen LogP contribution in [0.4, 0.5) is 0 Å². The fourth-order valence-electron chi connectivity index (χ4n) is 1.48. The van der Waals surface area contributed by atoms with Crippen LogP contribution in [-0.4, -0.2) is 29.1 Å². The van der Waals surface area contributed by atoms with E-state index < -0.39 is 11.9 Å². The van der Waals surface area contributed by atoms with Crippen molar-refractivity contribution in [1.29, 1.82) is 0 Å². The van der Waals surface area contributed by atoms with E-state index in [-0.39, 0.29) is 11.1 Å². The zero-order valence-corrected chi connectivity index (χ0v) is 10.2. The van der Waals surface area contributed by atoms with Crippen molar-refractivity contribution in [1.82, 2.24) is 4.98 Å². The molecule has 92 valence electrons. The van der Waals surface area contributed by atoms with E-state index in [2.05, 4.69) is 9.72 Å². The summed E-state index contributed by atoms with van der Waals surface area (Å²) in [6.45, 7) is 0. The molecule has 0 unspecified atom stereocenters. The lowest BCUT2D eigenvalue weighted by atomic mass is 10.1. The summed E-state index contributed by atoms with van der Waals surface area (Å²) in [6.07, 6.45) is 1.62. The summed E-state index contributed by atoms with van der Waals surface area (Å²) in [4.78, 5) is 26.6. The molecule has 2 rings (SSSR count). The van der Waals surface area contributed by atoms with Crippen molar-refractivity contribution in [2.24, 2.45) is 0 Å². The van der Waals surface area contributed by atoms with Gasteiger partial charge in [0.05, 0.1) is 18.2 Å². The summed E-state index contributed by atoms with van der Waals surface area (Å²) in [7, 11) is 1.25. The molecule has 0 saturated carbocycles. The van der Waals surface area contributed by atoms with Crippen LogP contribution in [0.2, 0.25) is 0 Å². The monoisotopic (exact) mass is 263 g/mol. The van der Waals surface area contributed by atoms with E-state index in [1.807, 2.05) is 0 Å². The molecule has 18 heavy (non-hydrogen) atoms. The van der Waals surface area contributed by atoms with Gasteiger partial charge in [-0.15, -0.1) is 11.3 Å². The standard InChI is InChI=1S/C12H9NO4S/c1-17-12(16)9-5-7(10-13-2-3-18-10)4-8(6-9)11(14)15/h2-6H,1H3,(H,14,15). The van der Waals surface area contributed by atoms with Crippen LogP contribution >= 0.6 is 11.3 Å². The van der Waals surface area contributed by atoms with Crippen LogP contribution in [0.15, 0.2) is 29.8 Å². The highest BCUT2D eigenvalue weighted by molar-refractivity contribution is 7.13. The van der Waals surface area contributed by atoms with Crippen LogP contribution in [0.3, 0.4) is 0 Å². The van der Waals surface area contributed by atoms with E-state index in [0.29, 0.717) is 10.6 Å². The third-order valence-corrected chi connectivity index (χ3v) is 3.10. The van der Waals surface area contributed by atoms with Gasteiger partial charge >= 0.3 is 11.9 Å². The number of benzene rings is 1. The number of hydrogen-bond donors (Lipinski definition) is 1. The summed E-state index contributed by atoms with van der Waals surface area (Å²) < 4.78 is 4.59. The Morgan fingerprint density at radius 2 is 2.00 bits per heavy atom. The second-order valence-electron chi connectivity index (χ2n) is 3.43. The van der Waals surface area contributed by atoms with Crippen molar-refractivity contribution in [3.63, 3.8) is 0 Å². The summed E-state index contributed by atoms with van der Waals surface area (Å²) in [6, 6.07) is 4.33. The first-order chi connectivity index (χ1) is 8.61. The number of nitrogens with zero attached hydrogens (tertiary/aromatic N) is 1. The second-order valence-corrected chi connectivity index (χ2v) is 4.33. The molecule has 0 spiro atoms. The number of carboxylic acids is 1. The molecule has 5 nitrogen and oxygen atoms in total. The smallest absolute Gasteiger partial charge is 0.337 e. The molecule has 0 radical (unpaired) electrons. The number of thiazole rings is 1.